The van der Waals surface area contributed by atoms with Crippen molar-refractivity contribution in [1.82, 2.24) is 5.32 Å². The first-order chi connectivity index (χ1) is 12.2. The van der Waals surface area contributed by atoms with Crippen LogP contribution in [0, 0.1) is 11.8 Å². The first-order valence-corrected chi connectivity index (χ1v) is 9.15. The molecule has 0 bridgehead atoms. The number of rotatable bonds is 10. The number of alkyl carbamates (subject to hydrolysis) is 1. The van der Waals surface area contributed by atoms with Crippen molar-refractivity contribution in [2.24, 2.45) is 11.8 Å². The average Bonchev–Trinajstić information content (AvgIpc) is 2.42. The van der Waals surface area contributed by atoms with Crippen LogP contribution in [0.15, 0.2) is 0 Å². The molecule has 8 heteroatoms. The van der Waals surface area contributed by atoms with Crippen LogP contribution in [0.1, 0.15) is 67.7 Å². The van der Waals surface area contributed by atoms with Crippen LogP contribution in [0.3, 0.4) is 0 Å². The molecule has 156 valence electrons. The number of Topliss-reactive ketones (excluding diaryl/α,β-unsaturated/α-hetero) is 1. The van der Waals surface area contributed by atoms with E-state index in [1.165, 1.54) is 0 Å². The molecule has 0 aromatic rings. The second-order valence-corrected chi connectivity index (χ2v) is 8.42. The second-order valence-electron chi connectivity index (χ2n) is 8.42. The molecule has 0 aliphatic carbocycles. The number of nitrogens with one attached hydrogen (secondary N) is 1. The summed E-state index contributed by atoms with van der Waals surface area (Å²) >= 11 is 0. The zero-order chi connectivity index (χ0) is 21.4. The summed E-state index contributed by atoms with van der Waals surface area (Å²) in [5.41, 5.74) is -0.722. The third kappa shape index (κ3) is 12.0. The van der Waals surface area contributed by atoms with Crippen molar-refractivity contribution in [3.63, 3.8) is 0 Å². The summed E-state index contributed by atoms with van der Waals surface area (Å²) in [5, 5.41) is 11.6. The Labute approximate surface area is 161 Å². The number of carbonyl (C=O) groups excluding carboxylic acids is 3. The topological polar surface area (TPSA) is 119 Å². The van der Waals surface area contributed by atoms with Gasteiger partial charge in [0.2, 0.25) is 0 Å². The van der Waals surface area contributed by atoms with Crippen LogP contribution < -0.4 is 5.32 Å². The zero-order valence-corrected chi connectivity index (χ0v) is 17.3. The SMILES string of the molecule is CC(C)C[C@H](NC(=O)OC(C)(C)C)C(=O)CC(=O)O[C@@H](CC(C)C)C(=O)O. The van der Waals surface area contributed by atoms with Gasteiger partial charge in [0.05, 0.1) is 6.04 Å². The van der Waals surface area contributed by atoms with Crippen molar-refractivity contribution in [2.45, 2.75) is 85.5 Å². The van der Waals surface area contributed by atoms with Gasteiger partial charge >= 0.3 is 18.0 Å². The first kappa shape index (κ1) is 24.9. The van der Waals surface area contributed by atoms with E-state index in [-0.39, 0.29) is 18.3 Å². The van der Waals surface area contributed by atoms with Crippen molar-refractivity contribution in [3.8, 4) is 0 Å². The minimum absolute atomic E-state index is 0.0112. The number of ketones is 1. The predicted octanol–water partition coefficient (Wildman–Crippen LogP) is 2.93. The summed E-state index contributed by atoms with van der Waals surface area (Å²) in [6.07, 6.45) is -2.19. The fraction of sp³-hybridized carbons (Fsp3) is 0.789. The number of carboxylic acid groups (broad SMARTS) is 1. The summed E-state index contributed by atoms with van der Waals surface area (Å²) in [7, 11) is 0. The van der Waals surface area contributed by atoms with Gasteiger partial charge < -0.3 is 19.9 Å². The lowest BCUT2D eigenvalue weighted by Crippen LogP contribution is -2.45. The van der Waals surface area contributed by atoms with Crippen LogP contribution >= 0.6 is 0 Å². The molecular weight excluding hydrogens is 354 g/mol. The summed E-state index contributed by atoms with van der Waals surface area (Å²) in [5.74, 6) is -2.63. The lowest BCUT2D eigenvalue weighted by atomic mass is 9.98. The zero-order valence-electron chi connectivity index (χ0n) is 17.3. The van der Waals surface area contributed by atoms with Crippen LogP contribution in [0.2, 0.25) is 0 Å². The van der Waals surface area contributed by atoms with Crippen LogP contribution in [-0.2, 0) is 23.9 Å². The maximum atomic E-state index is 12.4. The average molecular weight is 387 g/mol. The highest BCUT2D eigenvalue weighted by Crippen LogP contribution is 2.13. The third-order valence-electron chi connectivity index (χ3n) is 3.34. The van der Waals surface area contributed by atoms with E-state index in [1.54, 1.807) is 34.6 Å². The second kappa shape index (κ2) is 10.9. The van der Waals surface area contributed by atoms with E-state index >= 15 is 0 Å². The summed E-state index contributed by atoms with van der Waals surface area (Å²) < 4.78 is 10.1. The van der Waals surface area contributed by atoms with Gasteiger partial charge in [-0.05, 0) is 45.4 Å². The summed E-state index contributed by atoms with van der Waals surface area (Å²) in [6, 6.07) is -0.916. The maximum absolute atomic E-state index is 12.4. The van der Waals surface area contributed by atoms with Crippen molar-refractivity contribution >= 4 is 23.8 Å². The number of hydrogen-bond donors (Lipinski definition) is 2. The molecule has 1 amide bonds. The van der Waals surface area contributed by atoms with Gasteiger partial charge in [0.1, 0.15) is 12.0 Å². The first-order valence-electron chi connectivity index (χ1n) is 9.15. The molecule has 0 aliphatic rings. The van der Waals surface area contributed by atoms with E-state index in [4.69, 9.17) is 14.6 Å². The Bertz CT molecular complexity index is 535. The van der Waals surface area contributed by atoms with Crippen LogP contribution in [0.4, 0.5) is 4.79 Å². The number of esters is 1. The molecule has 0 heterocycles. The molecule has 0 aromatic carbocycles. The van der Waals surface area contributed by atoms with E-state index in [0.29, 0.717) is 6.42 Å². The molecule has 0 saturated carbocycles. The highest BCUT2D eigenvalue weighted by Gasteiger charge is 2.29. The Kier molecular flexibility index (Phi) is 10.0. The molecule has 0 fully saturated rings. The van der Waals surface area contributed by atoms with Crippen LogP contribution in [-0.4, -0.2) is 46.7 Å². The number of carboxylic acids is 1. The molecule has 27 heavy (non-hydrogen) atoms. The molecule has 0 radical (unpaired) electrons. The Hall–Kier alpha value is -2.12. The summed E-state index contributed by atoms with van der Waals surface area (Å²) in [4.78, 5) is 47.6. The highest BCUT2D eigenvalue weighted by atomic mass is 16.6. The quantitative estimate of drug-likeness (QED) is 0.437. The Morgan fingerprint density at radius 1 is 0.963 bits per heavy atom. The normalized spacial score (nSPS) is 13.8. The molecular formula is C19H33NO7. The number of aliphatic carboxylic acids is 1. The monoisotopic (exact) mass is 387 g/mol. The Morgan fingerprint density at radius 2 is 1.48 bits per heavy atom. The fourth-order valence-corrected chi connectivity index (χ4v) is 2.29. The molecule has 2 atom stereocenters. The molecule has 0 spiro atoms. The smallest absolute Gasteiger partial charge is 0.408 e. The Morgan fingerprint density at radius 3 is 1.89 bits per heavy atom. The van der Waals surface area contributed by atoms with Gasteiger partial charge in [0.15, 0.2) is 11.9 Å². The standard InChI is InChI=1S/C19H33NO7/c1-11(2)8-13(20-18(25)27-19(5,6)7)14(21)10-16(22)26-15(17(23)24)9-12(3)4/h11-13,15H,8-10H2,1-7H3,(H,20,25)(H,23,24)/t13-,15-/m0/s1. The van der Waals surface area contributed by atoms with E-state index in [9.17, 15) is 19.2 Å². The van der Waals surface area contributed by atoms with Gasteiger partial charge in [-0.25, -0.2) is 9.59 Å². The molecule has 0 aliphatic heterocycles. The van der Waals surface area contributed by atoms with Crippen LogP contribution in [0.5, 0.6) is 0 Å². The van der Waals surface area contributed by atoms with Crippen molar-refractivity contribution in [3.05, 3.63) is 0 Å². The number of ether oxygens (including phenoxy) is 2. The van der Waals surface area contributed by atoms with Gasteiger partial charge in [-0.15, -0.1) is 0 Å². The third-order valence-corrected chi connectivity index (χ3v) is 3.34. The molecule has 0 rings (SSSR count). The van der Waals surface area contributed by atoms with Gasteiger partial charge in [-0.1, -0.05) is 27.7 Å². The van der Waals surface area contributed by atoms with E-state index in [0.717, 1.165) is 0 Å². The van der Waals surface area contributed by atoms with Gasteiger partial charge in [-0.3, -0.25) is 9.59 Å². The van der Waals surface area contributed by atoms with Crippen molar-refractivity contribution in [1.29, 1.82) is 0 Å². The van der Waals surface area contributed by atoms with Crippen LogP contribution in [0.25, 0.3) is 0 Å². The predicted molar refractivity (Wildman–Crippen MR) is 99.2 cm³/mol. The van der Waals surface area contributed by atoms with Gasteiger partial charge in [-0.2, -0.15) is 0 Å². The highest BCUT2D eigenvalue weighted by molar-refractivity contribution is 6.00. The van der Waals surface area contributed by atoms with Crippen molar-refractivity contribution in [2.75, 3.05) is 0 Å². The van der Waals surface area contributed by atoms with E-state index < -0.39 is 48.0 Å². The molecule has 0 saturated heterocycles. The van der Waals surface area contributed by atoms with Gasteiger partial charge in [0, 0.05) is 0 Å². The molecule has 0 aromatic heterocycles. The lowest BCUT2D eigenvalue weighted by Gasteiger charge is -2.24. The largest absolute Gasteiger partial charge is 0.479 e. The summed E-state index contributed by atoms with van der Waals surface area (Å²) in [6.45, 7) is 12.4. The molecule has 8 nitrogen and oxygen atoms in total. The maximum Gasteiger partial charge on any atom is 0.408 e. The minimum Gasteiger partial charge on any atom is -0.479 e. The van der Waals surface area contributed by atoms with E-state index in [1.807, 2.05) is 13.8 Å². The number of amides is 1. The van der Waals surface area contributed by atoms with Crippen molar-refractivity contribution < 1.29 is 33.8 Å². The van der Waals surface area contributed by atoms with E-state index in [2.05, 4.69) is 5.32 Å². The minimum atomic E-state index is -1.30. The number of carbonyl (C=O) groups is 4. The Balaban J connectivity index is 4.94. The number of hydrogen-bond acceptors (Lipinski definition) is 6. The van der Waals surface area contributed by atoms with Gasteiger partial charge in [0.25, 0.3) is 0 Å². The molecule has 0 unspecified atom stereocenters. The molecule has 2 N–H and O–H groups in total. The lowest BCUT2D eigenvalue weighted by molar-refractivity contribution is -0.165. The fourth-order valence-electron chi connectivity index (χ4n) is 2.29.